The van der Waals surface area contributed by atoms with Crippen LogP contribution in [0.4, 0.5) is 5.82 Å². The Morgan fingerprint density at radius 3 is 2.76 bits per heavy atom. The Morgan fingerprint density at radius 2 is 2.12 bits per heavy atom. The summed E-state index contributed by atoms with van der Waals surface area (Å²) in [5, 5.41) is 0. The van der Waals surface area contributed by atoms with Crippen LogP contribution in [0.2, 0.25) is 0 Å². The van der Waals surface area contributed by atoms with E-state index in [4.69, 9.17) is 10.5 Å². The van der Waals surface area contributed by atoms with Crippen molar-refractivity contribution in [3.63, 3.8) is 0 Å². The number of methoxy groups -OCH3 is 1. The molecule has 0 aliphatic rings. The first-order valence-electron chi connectivity index (χ1n) is 5.64. The number of ether oxygens (including phenoxy) is 1. The van der Waals surface area contributed by atoms with Crippen LogP contribution in [-0.4, -0.2) is 33.7 Å². The van der Waals surface area contributed by atoms with Crippen molar-refractivity contribution >= 4 is 17.0 Å². The number of anilines is 1. The molecule has 0 radical (unpaired) electrons. The van der Waals surface area contributed by atoms with E-state index in [1.807, 2.05) is 0 Å². The van der Waals surface area contributed by atoms with Gasteiger partial charge in [-0.3, -0.25) is 0 Å². The number of H-pyrrole nitrogens is 1. The van der Waals surface area contributed by atoms with Gasteiger partial charge in [-0.1, -0.05) is 6.92 Å². The molecule has 2 aromatic rings. The minimum Gasteiger partial charge on any atom is -0.384 e. The first-order chi connectivity index (χ1) is 8.15. The average molecular weight is 235 g/mol. The molecule has 0 aliphatic heterocycles. The molecular weight excluding hydrogens is 218 g/mol. The van der Waals surface area contributed by atoms with Crippen LogP contribution in [0.25, 0.3) is 11.2 Å². The molecule has 2 rings (SSSR count). The molecule has 0 aromatic carbocycles. The number of imidazole rings is 1. The van der Waals surface area contributed by atoms with E-state index in [2.05, 4.69) is 26.9 Å². The van der Waals surface area contributed by atoms with Gasteiger partial charge in [-0.25, -0.2) is 15.0 Å². The number of hydrogen-bond donors (Lipinski definition) is 2. The third kappa shape index (κ3) is 2.21. The molecule has 0 bridgehead atoms. The Hall–Kier alpha value is -1.69. The van der Waals surface area contributed by atoms with Gasteiger partial charge in [-0.05, 0) is 13.3 Å². The highest BCUT2D eigenvalue weighted by molar-refractivity contribution is 5.81. The zero-order chi connectivity index (χ0) is 12.4. The first kappa shape index (κ1) is 11.8. The Balaban J connectivity index is 2.46. The third-order valence-corrected chi connectivity index (χ3v) is 2.76. The highest BCUT2D eigenvalue weighted by Gasteiger charge is 2.16. The molecule has 0 fully saturated rings. The summed E-state index contributed by atoms with van der Waals surface area (Å²) in [6.45, 7) is 4.52. The fourth-order valence-corrected chi connectivity index (χ4v) is 1.83. The fraction of sp³-hybridized carbons (Fsp3) is 0.545. The molecule has 0 saturated carbocycles. The maximum Gasteiger partial charge on any atom is 0.183 e. The van der Waals surface area contributed by atoms with E-state index in [1.165, 1.54) is 0 Å². The number of nitrogens with zero attached hydrogens (tertiary/aromatic N) is 3. The molecule has 6 heteroatoms. The van der Waals surface area contributed by atoms with Crippen LogP contribution >= 0.6 is 0 Å². The summed E-state index contributed by atoms with van der Waals surface area (Å²) in [6, 6.07) is 0. The Kier molecular flexibility index (Phi) is 3.23. The summed E-state index contributed by atoms with van der Waals surface area (Å²) in [7, 11) is 1.68. The molecular formula is C11H17N5O. The van der Waals surface area contributed by atoms with E-state index in [0.29, 0.717) is 29.4 Å². The second-order valence-electron chi connectivity index (χ2n) is 4.04. The second kappa shape index (κ2) is 4.67. The number of nitrogens with one attached hydrogen (secondary N) is 1. The van der Waals surface area contributed by atoms with Crippen molar-refractivity contribution in [1.29, 1.82) is 0 Å². The third-order valence-electron chi connectivity index (χ3n) is 2.76. The zero-order valence-electron chi connectivity index (χ0n) is 10.3. The van der Waals surface area contributed by atoms with E-state index < -0.39 is 0 Å². The van der Waals surface area contributed by atoms with Crippen LogP contribution in [0.15, 0.2) is 0 Å². The molecule has 6 nitrogen and oxygen atoms in total. The molecule has 92 valence electrons. The van der Waals surface area contributed by atoms with E-state index >= 15 is 0 Å². The molecule has 1 unspecified atom stereocenters. The summed E-state index contributed by atoms with van der Waals surface area (Å²) >= 11 is 0. The van der Waals surface area contributed by atoms with Crippen molar-refractivity contribution in [1.82, 2.24) is 19.9 Å². The lowest BCUT2D eigenvalue weighted by molar-refractivity contribution is 0.175. The minimum absolute atomic E-state index is 0.230. The van der Waals surface area contributed by atoms with E-state index in [-0.39, 0.29) is 5.92 Å². The van der Waals surface area contributed by atoms with Crippen molar-refractivity contribution in [2.75, 3.05) is 19.5 Å². The van der Waals surface area contributed by atoms with Gasteiger partial charge in [0.15, 0.2) is 11.5 Å². The average Bonchev–Trinajstić information content (AvgIpc) is 2.69. The number of nitrogens with two attached hydrogens (primary N) is 1. The van der Waals surface area contributed by atoms with Gasteiger partial charge in [0.25, 0.3) is 0 Å². The lowest BCUT2D eigenvalue weighted by atomic mass is 10.1. The van der Waals surface area contributed by atoms with Crippen molar-refractivity contribution in [3.05, 3.63) is 11.6 Å². The van der Waals surface area contributed by atoms with Gasteiger partial charge in [0.1, 0.15) is 17.2 Å². The first-order valence-corrected chi connectivity index (χ1v) is 5.64. The summed E-state index contributed by atoms with van der Waals surface area (Å²) in [6.07, 6.45) is 0.944. The Morgan fingerprint density at radius 1 is 1.35 bits per heavy atom. The molecule has 0 amide bonds. The van der Waals surface area contributed by atoms with Crippen LogP contribution in [0.1, 0.15) is 30.9 Å². The number of nitrogen functional groups attached to an aromatic ring is 1. The van der Waals surface area contributed by atoms with Crippen LogP contribution in [-0.2, 0) is 4.74 Å². The number of hydrogen-bond acceptors (Lipinski definition) is 5. The minimum atomic E-state index is 0.230. The van der Waals surface area contributed by atoms with Gasteiger partial charge in [-0.2, -0.15) is 0 Å². The SMILES string of the molecule is CCC(COC)c1nc2nc(C)nc(N)c2[nH]1. The quantitative estimate of drug-likeness (QED) is 0.835. The Labute approximate surface area is 99.6 Å². The van der Waals surface area contributed by atoms with Gasteiger partial charge >= 0.3 is 0 Å². The standard InChI is InChI=1S/C11H17N5O/c1-4-7(5-17-3)10-15-8-9(12)13-6(2)14-11(8)16-10/h7H,4-5H2,1-3H3,(H3,12,13,14,15,16). The number of fused-ring (bicyclic) bond motifs is 1. The molecule has 1 atom stereocenters. The summed E-state index contributed by atoms with van der Waals surface area (Å²) in [4.78, 5) is 16.0. The van der Waals surface area contributed by atoms with Crippen molar-refractivity contribution in [2.24, 2.45) is 0 Å². The van der Waals surface area contributed by atoms with Crippen LogP contribution in [0.3, 0.4) is 0 Å². The lowest BCUT2D eigenvalue weighted by Gasteiger charge is -2.09. The predicted molar refractivity (Wildman–Crippen MR) is 65.7 cm³/mol. The largest absolute Gasteiger partial charge is 0.384 e. The number of aromatic nitrogens is 4. The summed E-state index contributed by atoms with van der Waals surface area (Å²) in [5.41, 5.74) is 7.17. The Bertz CT molecular complexity index is 522. The van der Waals surface area contributed by atoms with Gasteiger partial charge in [0.05, 0.1) is 6.61 Å². The molecule has 3 N–H and O–H groups in total. The van der Waals surface area contributed by atoms with Gasteiger partial charge < -0.3 is 15.5 Å². The monoisotopic (exact) mass is 235 g/mol. The molecule has 0 spiro atoms. The van der Waals surface area contributed by atoms with Crippen molar-refractivity contribution in [2.45, 2.75) is 26.2 Å². The highest BCUT2D eigenvalue weighted by Crippen LogP contribution is 2.22. The van der Waals surface area contributed by atoms with E-state index in [0.717, 1.165) is 12.2 Å². The van der Waals surface area contributed by atoms with E-state index in [9.17, 15) is 0 Å². The number of aryl methyl sites for hydroxylation is 1. The van der Waals surface area contributed by atoms with Crippen molar-refractivity contribution < 1.29 is 4.74 Å². The molecule has 2 heterocycles. The molecule has 0 saturated heterocycles. The van der Waals surface area contributed by atoms with Crippen LogP contribution in [0.5, 0.6) is 0 Å². The van der Waals surface area contributed by atoms with E-state index in [1.54, 1.807) is 14.0 Å². The lowest BCUT2D eigenvalue weighted by Crippen LogP contribution is -2.06. The normalized spacial score (nSPS) is 13.1. The van der Waals surface area contributed by atoms with Gasteiger partial charge in [-0.15, -0.1) is 0 Å². The van der Waals surface area contributed by atoms with Gasteiger partial charge in [0.2, 0.25) is 0 Å². The number of rotatable bonds is 4. The molecule has 0 aliphatic carbocycles. The van der Waals surface area contributed by atoms with Gasteiger partial charge in [0, 0.05) is 13.0 Å². The maximum atomic E-state index is 5.83. The number of aromatic amines is 1. The summed E-state index contributed by atoms with van der Waals surface area (Å²) < 4.78 is 5.17. The molecule has 17 heavy (non-hydrogen) atoms. The fourth-order valence-electron chi connectivity index (χ4n) is 1.83. The predicted octanol–water partition coefficient (Wildman–Crippen LogP) is 1.38. The van der Waals surface area contributed by atoms with Crippen LogP contribution < -0.4 is 5.73 Å². The second-order valence-corrected chi connectivity index (χ2v) is 4.04. The maximum absolute atomic E-state index is 5.83. The smallest absolute Gasteiger partial charge is 0.183 e. The topological polar surface area (TPSA) is 89.7 Å². The molecule has 2 aromatic heterocycles. The van der Waals surface area contributed by atoms with Crippen LogP contribution in [0, 0.1) is 6.92 Å². The highest BCUT2D eigenvalue weighted by atomic mass is 16.5. The summed E-state index contributed by atoms with van der Waals surface area (Å²) in [5.74, 6) is 2.16. The van der Waals surface area contributed by atoms with Crippen molar-refractivity contribution in [3.8, 4) is 0 Å². The zero-order valence-corrected chi connectivity index (χ0v) is 10.3.